The fourth-order valence-electron chi connectivity index (χ4n) is 2.13. The summed E-state index contributed by atoms with van der Waals surface area (Å²) >= 11 is 0. The Balaban J connectivity index is 2.08. The Labute approximate surface area is 147 Å². The monoisotopic (exact) mass is 366 g/mol. The van der Waals surface area contributed by atoms with Crippen LogP contribution < -0.4 is 4.72 Å². The summed E-state index contributed by atoms with van der Waals surface area (Å²) in [4.78, 5) is 12.4. The number of aryl methyl sites for hydroxylation is 2. The van der Waals surface area contributed by atoms with E-state index < -0.39 is 22.0 Å². The molecule has 0 aliphatic rings. The molecule has 0 aliphatic heterocycles. The molecule has 1 unspecified atom stereocenters. The summed E-state index contributed by atoms with van der Waals surface area (Å²) in [5.74, 6) is -0.557. The van der Waals surface area contributed by atoms with Crippen molar-refractivity contribution in [3.8, 4) is 0 Å². The Morgan fingerprint density at radius 3 is 2.40 bits per heavy atom. The molecule has 2 rings (SSSR count). The number of rotatable bonds is 7. The van der Waals surface area contributed by atoms with E-state index in [0.29, 0.717) is 11.5 Å². The highest BCUT2D eigenvalue weighted by molar-refractivity contribution is 7.89. The normalized spacial score (nSPS) is 13.0. The highest BCUT2D eigenvalue weighted by Crippen LogP contribution is 2.14. The number of hydrogen-bond acceptors (Lipinski definition) is 6. The van der Waals surface area contributed by atoms with Crippen molar-refractivity contribution in [3.63, 3.8) is 0 Å². The van der Waals surface area contributed by atoms with Crippen LogP contribution in [0.1, 0.15) is 30.9 Å². The lowest BCUT2D eigenvalue weighted by Crippen LogP contribution is -2.45. The minimum atomic E-state index is -3.83. The molecule has 1 aromatic carbocycles. The Bertz CT molecular complexity index is 825. The van der Waals surface area contributed by atoms with Gasteiger partial charge in [0.1, 0.15) is 6.04 Å². The van der Waals surface area contributed by atoms with Gasteiger partial charge in [-0.05, 0) is 31.9 Å². The lowest BCUT2D eigenvalue weighted by atomic mass is 10.1. The first-order chi connectivity index (χ1) is 11.7. The number of sulfonamides is 1. The molecule has 136 valence electrons. The van der Waals surface area contributed by atoms with Gasteiger partial charge in [0.25, 0.3) is 0 Å². The second-order valence-corrected chi connectivity index (χ2v) is 7.91. The zero-order valence-corrected chi connectivity index (χ0v) is 15.5. The standard InChI is InChI=1S/C17H22N2O5S/c1-11(2)16(17(20)23-10-14-9-13(4)18-24-14)19-25(21,22)15-7-5-12(3)6-8-15/h5-9,11,16,19H,10H2,1-4H3. The first-order valence-electron chi connectivity index (χ1n) is 7.87. The number of aromatic nitrogens is 1. The quantitative estimate of drug-likeness (QED) is 0.755. The molecule has 0 amide bonds. The lowest BCUT2D eigenvalue weighted by Gasteiger charge is -2.20. The molecule has 0 aliphatic carbocycles. The van der Waals surface area contributed by atoms with Crippen LogP contribution in [-0.2, 0) is 26.2 Å². The number of nitrogens with zero attached hydrogens (tertiary/aromatic N) is 1. The predicted octanol–water partition coefficient (Wildman–Crippen LogP) is 2.34. The van der Waals surface area contributed by atoms with Crippen molar-refractivity contribution >= 4 is 16.0 Å². The van der Waals surface area contributed by atoms with Gasteiger partial charge in [0.15, 0.2) is 12.4 Å². The van der Waals surface area contributed by atoms with Gasteiger partial charge in [0, 0.05) is 6.07 Å². The van der Waals surface area contributed by atoms with Gasteiger partial charge in [-0.2, -0.15) is 4.72 Å². The fraction of sp³-hybridized carbons (Fsp3) is 0.412. The van der Waals surface area contributed by atoms with Crippen LogP contribution in [0.15, 0.2) is 39.8 Å². The van der Waals surface area contributed by atoms with E-state index in [9.17, 15) is 13.2 Å². The smallest absolute Gasteiger partial charge is 0.324 e. The van der Waals surface area contributed by atoms with E-state index in [1.54, 1.807) is 39.0 Å². The minimum absolute atomic E-state index is 0.0995. The highest BCUT2D eigenvalue weighted by Gasteiger charge is 2.29. The first-order valence-corrected chi connectivity index (χ1v) is 9.35. The van der Waals surface area contributed by atoms with Gasteiger partial charge >= 0.3 is 5.97 Å². The fourth-order valence-corrected chi connectivity index (χ4v) is 3.46. The molecule has 0 bridgehead atoms. The average Bonchev–Trinajstić information content (AvgIpc) is 2.96. The number of ether oxygens (including phenoxy) is 1. The van der Waals surface area contributed by atoms with Gasteiger partial charge in [-0.15, -0.1) is 0 Å². The molecule has 2 aromatic rings. The van der Waals surface area contributed by atoms with Crippen LogP contribution in [0.4, 0.5) is 0 Å². The summed E-state index contributed by atoms with van der Waals surface area (Å²) in [7, 11) is -3.83. The third kappa shape index (κ3) is 5.14. The van der Waals surface area contributed by atoms with E-state index in [1.807, 2.05) is 6.92 Å². The van der Waals surface area contributed by atoms with E-state index in [1.165, 1.54) is 12.1 Å². The Kier molecular flexibility index (Phi) is 5.97. The van der Waals surface area contributed by atoms with Crippen LogP contribution in [0.2, 0.25) is 0 Å². The van der Waals surface area contributed by atoms with E-state index in [0.717, 1.165) is 5.56 Å². The Morgan fingerprint density at radius 2 is 1.88 bits per heavy atom. The second kappa shape index (κ2) is 7.79. The van der Waals surface area contributed by atoms with Crippen molar-refractivity contribution in [1.82, 2.24) is 9.88 Å². The summed E-state index contributed by atoms with van der Waals surface area (Å²) in [5, 5.41) is 3.70. The SMILES string of the molecule is Cc1ccc(S(=O)(=O)NC(C(=O)OCc2cc(C)no2)C(C)C)cc1. The van der Waals surface area contributed by atoms with Crippen molar-refractivity contribution in [2.24, 2.45) is 5.92 Å². The zero-order chi connectivity index (χ0) is 18.6. The summed E-state index contributed by atoms with van der Waals surface area (Å²) in [6.07, 6.45) is 0. The van der Waals surface area contributed by atoms with Gasteiger partial charge in [-0.1, -0.05) is 36.7 Å². The van der Waals surface area contributed by atoms with Crippen molar-refractivity contribution in [2.75, 3.05) is 0 Å². The van der Waals surface area contributed by atoms with Crippen LogP contribution >= 0.6 is 0 Å². The molecule has 0 fully saturated rings. The average molecular weight is 366 g/mol. The largest absolute Gasteiger partial charge is 0.456 e. The van der Waals surface area contributed by atoms with Gasteiger partial charge in [-0.3, -0.25) is 4.79 Å². The molecule has 25 heavy (non-hydrogen) atoms. The van der Waals surface area contributed by atoms with Crippen molar-refractivity contribution in [2.45, 2.75) is 45.2 Å². The number of carbonyl (C=O) groups excluding carboxylic acids is 1. The maximum Gasteiger partial charge on any atom is 0.324 e. The van der Waals surface area contributed by atoms with E-state index >= 15 is 0 Å². The molecule has 1 atom stereocenters. The number of benzene rings is 1. The lowest BCUT2D eigenvalue weighted by molar-refractivity contribution is -0.148. The maximum absolute atomic E-state index is 12.5. The summed E-state index contributed by atoms with van der Waals surface area (Å²) in [6, 6.07) is 7.03. The third-order valence-electron chi connectivity index (χ3n) is 3.57. The van der Waals surface area contributed by atoms with Crippen molar-refractivity contribution < 1.29 is 22.5 Å². The molecular formula is C17H22N2O5S. The molecule has 0 saturated carbocycles. The molecule has 0 radical (unpaired) electrons. The van der Waals surface area contributed by atoms with Crippen molar-refractivity contribution in [3.05, 3.63) is 47.3 Å². The Hall–Kier alpha value is -2.19. The summed E-state index contributed by atoms with van der Waals surface area (Å²) in [5.41, 5.74) is 1.62. The topological polar surface area (TPSA) is 98.5 Å². The van der Waals surface area contributed by atoms with Crippen molar-refractivity contribution in [1.29, 1.82) is 0 Å². The first kappa shape index (κ1) is 19.1. The maximum atomic E-state index is 12.5. The third-order valence-corrected chi connectivity index (χ3v) is 5.02. The molecule has 1 aromatic heterocycles. The number of esters is 1. The zero-order valence-electron chi connectivity index (χ0n) is 14.6. The molecule has 0 saturated heterocycles. The van der Waals surface area contributed by atoms with Gasteiger partial charge in [0.05, 0.1) is 10.6 Å². The molecular weight excluding hydrogens is 344 g/mol. The van der Waals surface area contributed by atoms with Crippen LogP contribution in [0.5, 0.6) is 0 Å². The predicted molar refractivity (Wildman–Crippen MR) is 91.2 cm³/mol. The molecule has 8 heteroatoms. The van der Waals surface area contributed by atoms with Crippen LogP contribution in [-0.4, -0.2) is 25.6 Å². The van der Waals surface area contributed by atoms with E-state index in [4.69, 9.17) is 9.26 Å². The summed E-state index contributed by atoms with van der Waals surface area (Å²) in [6.45, 7) is 6.99. The molecule has 0 spiro atoms. The highest BCUT2D eigenvalue weighted by atomic mass is 32.2. The van der Waals surface area contributed by atoms with E-state index in [2.05, 4.69) is 9.88 Å². The Morgan fingerprint density at radius 1 is 1.24 bits per heavy atom. The molecule has 1 heterocycles. The minimum Gasteiger partial charge on any atom is -0.456 e. The van der Waals surface area contributed by atoms with Crippen LogP contribution in [0.3, 0.4) is 0 Å². The summed E-state index contributed by atoms with van der Waals surface area (Å²) < 4.78 is 37.5. The molecule has 7 nitrogen and oxygen atoms in total. The second-order valence-electron chi connectivity index (χ2n) is 6.20. The number of hydrogen-bond donors (Lipinski definition) is 1. The van der Waals surface area contributed by atoms with E-state index in [-0.39, 0.29) is 17.4 Å². The van der Waals surface area contributed by atoms with Crippen LogP contribution in [0, 0.1) is 19.8 Å². The number of carbonyl (C=O) groups is 1. The van der Waals surface area contributed by atoms with Gasteiger partial charge < -0.3 is 9.26 Å². The van der Waals surface area contributed by atoms with Crippen LogP contribution in [0.25, 0.3) is 0 Å². The molecule has 1 N–H and O–H groups in total. The van der Waals surface area contributed by atoms with Gasteiger partial charge in [0.2, 0.25) is 10.0 Å². The van der Waals surface area contributed by atoms with Gasteiger partial charge in [-0.25, -0.2) is 8.42 Å². The number of nitrogens with one attached hydrogen (secondary N) is 1.